The van der Waals surface area contributed by atoms with E-state index in [9.17, 15) is 9.59 Å². The molecule has 2 N–H and O–H groups in total. The summed E-state index contributed by atoms with van der Waals surface area (Å²) in [6.07, 6.45) is 12.2. The average Bonchev–Trinajstić information content (AvgIpc) is 3.05. The van der Waals surface area contributed by atoms with Crippen molar-refractivity contribution in [3.05, 3.63) is 77.1 Å². The van der Waals surface area contributed by atoms with Crippen molar-refractivity contribution in [1.29, 1.82) is 0 Å². The Bertz CT molecular complexity index is 1300. The number of ketones is 1. The van der Waals surface area contributed by atoms with Crippen molar-refractivity contribution in [1.82, 2.24) is 9.80 Å². The minimum atomic E-state index is -0.186. The molecule has 0 heterocycles. The van der Waals surface area contributed by atoms with E-state index in [1.165, 1.54) is 31.2 Å². The molecule has 0 aliphatic carbocycles. The fourth-order valence-corrected chi connectivity index (χ4v) is 4.38. The molecule has 7 nitrogen and oxygen atoms in total. The Hall–Kier alpha value is -3.87. The number of allylic oxidation sites excluding steroid dienone is 2. The Labute approximate surface area is 287 Å². The summed E-state index contributed by atoms with van der Waals surface area (Å²) in [5, 5.41) is 6.78. The van der Waals surface area contributed by atoms with E-state index in [2.05, 4.69) is 75.3 Å². The fraction of sp³-hybridized carbons (Fsp3) is 0.525. The second-order valence-electron chi connectivity index (χ2n) is 12.1. The first-order valence-electron chi connectivity index (χ1n) is 17.3. The third-order valence-corrected chi connectivity index (χ3v) is 7.73. The molecule has 2 aromatic carbocycles. The van der Waals surface area contributed by atoms with Crippen molar-refractivity contribution in [3.63, 3.8) is 0 Å². The molecule has 1 unspecified atom stereocenters. The number of hydrogen-bond acceptors (Lipinski definition) is 6. The highest BCUT2D eigenvalue weighted by molar-refractivity contribution is 5.96. The number of nitrogens with zero attached hydrogens (tertiary/aromatic N) is 3. The number of benzene rings is 2. The van der Waals surface area contributed by atoms with E-state index < -0.39 is 0 Å². The lowest BCUT2D eigenvalue weighted by Gasteiger charge is -2.29. The highest BCUT2D eigenvalue weighted by Crippen LogP contribution is 2.22. The molecule has 2 aromatic rings. The summed E-state index contributed by atoms with van der Waals surface area (Å²) in [5.41, 5.74) is 7.88. The van der Waals surface area contributed by atoms with Crippen LogP contribution in [0.3, 0.4) is 0 Å². The highest BCUT2D eigenvalue weighted by Gasteiger charge is 2.18. The number of anilines is 2. The van der Waals surface area contributed by atoms with E-state index in [4.69, 9.17) is 4.99 Å². The van der Waals surface area contributed by atoms with Gasteiger partial charge in [0.05, 0.1) is 5.71 Å². The minimum Gasteiger partial charge on any atom is -0.388 e. The molecular weight excluding hydrogens is 582 g/mol. The van der Waals surface area contributed by atoms with Gasteiger partial charge in [-0.1, -0.05) is 65.5 Å². The number of amides is 1. The molecule has 0 spiro atoms. The van der Waals surface area contributed by atoms with E-state index in [1.54, 1.807) is 18.9 Å². The van der Waals surface area contributed by atoms with Gasteiger partial charge in [0.1, 0.15) is 11.9 Å². The molecule has 0 saturated heterocycles. The van der Waals surface area contributed by atoms with Crippen LogP contribution in [0.4, 0.5) is 11.4 Å². The summed E-state index contributed by atoms with van der Waals surface area (Å²) in [7, 11) is 5.71. The van der Waals surface area contributed by atoms with Gasteiger partial charge in [-0.25, -0.2) is 0 Å². The molecule has 0 radical (unpaired) electrons. The Morgan fingerprint density at radius 1 is 0.894 bits per heavy atom. The molecular formula is C40H65N5O2. The van der Waals surface area contributed by atoms with Crippen molar-refractivity contribution >= 4 is 34.3 Å². The molecule has 0 aliphatic rings. The number of nitrogens with one attached hydrogen (secondary N) is 2. The Balaban J connectivity index is 0.00000236. The van der Waals surface area contributed by atoms with Gasteiger partial charge in [-0.2, -0.15) is 0 Å². The van der Waals surface area contributed by atoms with Crippen LogP contribution in [-0.2, 0) is 4.79 Å². The number of unbranched alkanes of at least 4 members (excludes halogenated alkanes) is 2. The molecule has 47 heavy (non-hydrogen) atoms. The van der Waals surface area contributed by atoms with Gasteiger partial charge in [-0.15, -0.1) is 0 Å². The van der Waals surface area contributed by atoms with Crippen LogP contribution in [0.5, 0.6) is 0 Å². The first kappa shape index (κ1) is 43.1. The molecule has 262 valence electrons. The number of aliphatic imine (C=N–C) groups is 1. The van der Waals surface area contributed by atoms with Crippen LogP contribution in [0.2, 0.25) is 0 Å². The topological polar surface area (TPSA) is 77.0 Å². The zero-order valence-corrected chi connectivity index (χ0v) is 31.9. The lowest BCUT2D eigenvalue weighted by Crippen LogP contribution is -2.40. The van der Waals surface area contributed by atoms with Crippen molar-refractivity contribution in [3.8, 4) is 0 Å². The van der Waals surface area contributed by atoms with E-state index in [-0.39, 0.29) is 17.9 Å². The van der Waals surface area contributed by atoms with E-state index in [1.807, 2.05) is 71.5 Å². The number of aryl methyl sites for hydroxylation is 2. The van der Waals surface area contributed by atoms with E-state index in [0.717, 1.165) is 33.8 Å². The molecule has 0 bridgehead atoms. The van der Waals surface area contributed by atoms with Crippen LogP contribution >= 0.6 is 0 Å². The molecule has 0 saturated carbocycles. The Morgan fingerprint density at radius 2 is 1.51 bits per heavy atom. The van der Waals surface area contributed by atoms with Crippen LogP contribution < -0.4 is 10.6 Å². The van der Waals surface area contributed by atoms with E-state index >= 15 is 0 Å². The maximum absolute atomic E-state index is 13.0. The third kappa shape index (κ3) is 16.5. The highest BCUT2D eigenvalue weighted by atomic mass is 16.2. The normalized spacial score (nSPS) is 11.9. The third-order valence-electron chi connectivity index (χ3n) is 7.73. The van der Waals surface area contributed by atoms with Crippen LogP contribution in [0.15, 0.2) is 59.9 Å². The zero-order valence-electron chi connectivity index (χ0n) is 31.9. The Kier molecular flexibility index (Phi) is 22.3. The lowest BCUT2D eigenvalue weighted by atomic mass is 10.0. The monoisotopic (exact) mass is 648 g/mol. The molecule has 1 atom stereocenters. The average molecular weight is 648 g/mol. The lowest BCUT2D eigenvalue weighted by molar-refractivity contribution is -0.117. The maximum Gasteiger partial charge on any atom is 0.253 e. The summed E-state index contributed by atoms with van der Waals surface area (Å²) in [6, 6.07) is 12.1. The van der Waals surface area contributed by atoms with Crippen LogP contribution in [0.25, 0.3) is 5.57 Å². The first-order valence-corrected chi connectivity index (χ1v) is 17.3. The molecule has 0 aliphatic heterocycles. The molecule has 7 heteroatoms. The number of hydrogen-bond donors (Lipinski definition) is 2. The number of Topliss-reactive ketones (excluding diaryl/α,β-unsaturated/α-hetero) is 1. The number of carbonyl (C=O) groups excluding carboxylic acids is 2. The van der Waals surface area contributed by atoms with Gasteiger partial charge >= 0.3 is 0 Å². The van der Waals surface area contributed by atoms with Crippen molar-refractivity contribution in [2.75, 3.05) is 38.3 Å². The van der Waals surface area contributed by atoms with Gasteiger partial charge < -0.3 is 25.2 Å². The summed E-state index contributed by atoms with van der Waals surface area (Å²) < 4.78 is 0. The SMILES string of the molecule is C/C=C\N(C)C(Nc1ccc(C(=O)N(C)CCCC(C)=O)c(C)c1)C(C)=N/C=C(\C)c1ccc(NC)c(C)c1.CCCC.CCCC. The maximum atomic E-state index is 13.0. The number of rotatable bonds is 15. The van der Waals surface area contributed by atoms with Crippen LogP contribution in [-0.4, -0.2) is 61.1 Å². The number of carbonyl (C=O) groups is 2. The van der Waals surface area contributed by atoms with Gasteiger partial charge in [0, 0.05) is 57.2 Å². The molecule has 0 fully saturated rings. The summed E-state index contributed by atoms with van der Waals surface area (Å²) in [4.78, 5) is 32.8. The van der Waals surface area contributed by atoms with Crippen molar-refractivity contribution in [2.45, 2.75) is 114 Å². The van der Waals surface area contributed by atoms with Gasteiger partial charge in [0.25, 0.3) is 5.91 Å². The Morgan fingerprint density at radius 3 is 2.00 bits per heavy atom. The van der Waals surface area contributed by atoms with Gasteiger partial charge in [0.2, 0.25) is 0 Å². The van der Waals surface area contributed by atoms with Gasteiger partial charge in [0.15, 0.2) is 0 Å². The van der Waals surface area contributed by atoms with E-state index in [0.29, 0.717) is 24.9 Å². The minimum absolute atomic E-state index is 0.0403. The fourth-order valence-electron chi connectivity index (χ4n) is 4.38. The van der Waals surface area contributed by atoms with Crippen molar-refractivity contribution in [2.24, 2.45) is 4.99 Å². The summed E-state index contributed by atoms with van der Waals surface area (Å²) in [6.45, 7) is 21.0. The molecule has 0 aromatic heterocycles. The molecule has 1 amide bonds. The van der Waals surface area contributed by atoms with Crippen LogP contribution in [0.1, 0.15) is 121 Å². The smallest absolute Gasteiger partial charge is 0.253 e. The second-order valence-corrected chi connectivity index (χ2v) is 12.1. The van der Waals surface area contributed by atoms with Gasteiger partial charge in [-0.3, -0.25) is 9.79 Å². The first-order chi connectivity index (χ1) is 22.3. The predicted molar refractivity (Wildman–Crippen MR) is 207 cm³/mol. The van der Waals surface area contributed by atoms with Gasteiger partial charge in [-0.05, 0) is 107 Å². The predicted octanol–water partition coefficient (Wildman–Crippen LogP) is 10.1. The summed E-state index contributed by atoms with van der Waals surface area (Å²) in [5.74, 6) is 0.101. The van der Waals surface area contributed by atoms with Crippen molar-refractivity contribution < 1.29 is 9.59 Å². The second kappa shape index (κ2) is 24.3. The van der Waals surface area contributed by atoms with Crippen LogP contribution in [0, 0.1) is 13.8 Å². The molecule has 2 rings (SSSR count). The quantitative estimate of drug-likeness (QED) is 0.149. The largest absolute Gasteiger partial charge is 0.388 e. The summed E-state index contributed by atoms with van der Waals surface area (Å²) >= 11 is 0. The standard InChI is InChI=1S/C32H45N5O2.2C4H10/c1-10-17-36(8)31(26(6)34-21-24(4)27-13-16-30(33-7)23(3)19-27)35-28-14-15-29(22(2)20-28)32(39)37(9)18-11-12-25(5)38;2*1-3-4-2/h10,13-17,19-21,31,33,35H,11-12,18H2,1-9H3;2*3-4H2,1-2H3/b17-10-,24-21+,34-26?;;. The zero-order chi connectivity index (χ0) is 35.9.